The smallest absolute Gasteiger partial charge is 0.150 e. The fraction of sp³-hybridized carbons (Fsp3) is 0.480. The average molecular weight is 366 g/mol. The minimum Gasteiger partial charge on any atom is -0.299 e. The minimum absolute atomic E-state index is 0.709. The highest BCUT2D eigenvalue weighted by Crippen LogP contribution is 2.19. The Labute approximate surface area is 165 Å². The molecule has 27 heavy (non-hydrogen) atoms. The molecule has 0 aliphatic carbocycles. The quantitative estimate of drug-likeness (QED) is 0.456. The van der Waals surface area contributed by atoms with E-state index in [2.05, 4.69) is 69.0 Å². The lowest BCUT2D eigenvalue weighted by molar-refractivity contribution is 0.112. The normalized spacial score (nSPS) is 12.3. The maximum absolute atomic E-state index is 11.3. The van der Waals surface area contributed by atoms with Crippen LogP contribution in [0.4, 0.5) is 0 Å². The van der Waals surface area contributed by atoms with Gasteiger partial charge in [0.25, 0.3) is 0 Å². The van der Waals surface area contributed by atoms with Crippen molar-refractivity contribution in [3.8, 4) is 0 Å². The topological polar surface area (TPSA) is 20.3 Å². The molecule has 0 N–H and O–H groups in total. The van der Waals surface area contributed by atoms with Crippen LogP contribution in [0, 0.1) is 19.8 Å². The van der Waals surface area contributed by atoms with Crippen molar-refractivity contribution >= 4 is 6.29 Å². The molecule has 2 aromatic rings. The Kier molecular flexibility index (Phi) is 8.74. The molecule has 0 amide bonds. The molecule has 146 valence electrons. The molecular formula is C25H35NO. The zero-order valence-electron chi connectivity index (χ0n) is 17.5. The number of hydrogen-bond acceptors (Lipinski definition) is 2. The molecule has 0 radical (unpaired) electrons. The van der Waals surface area contributed by atoms with E-state index in [4.69, 9.17) is 0 Å². The van der Waals surface area contributed by atoms with Crippen LogP contribution in [0.5, 0.6) is 0 Å². The first-order valence-electron chi connectivity index (χ1n) is 10.3. The SMILES string of the molecule is CCN(CCC(C)CCCc1cc(C)c(C)cc1C=O)Cc1ccccc1. The maximum atomic E-state index is 11.3. The van der Waals surface area contributed by atoms with Crippen LogP contribution in [0.25, 0.3) is 0 Å². The number of aldehydes is 1. The van der Waals surface area contributed by atoms with E-state index < -0.39 is 0 Å². The molecule has 1 atom stereocenters. The lowest BCUT2D eigenvalue weighted by atomic mass is 9.94. The fourth-order valence-electron chi connectivity index (χ4n) is 3.60. The number of rotatable bonds is 11. The monoisotopic (exact) mass is 365 g/mol. The number of aryl methyl sites for hydroxylation is 3. The molecule has 0 heterocycles. The van der Waals surface area contributed by atoms with Crippen molar-refractivity contribution in [1.82, 2.24) is 4.90 Å². The second-order valence-electron chi connectivity index (χ2n) is 7.89. The predicted octanol–water partition coefficient (Wildman–Crippen LogP) is 5.99. The first-order chi connectivity index (χ1) is 13.0. The van der Waals surface area contributed by atoms with Gasteiger partial charge < -0.3 is 0 Å². The number of nitrogens with zero attached hydrogens (tertiary/aromatic N) is 1. The zero-order chi connectivity index (χ0) is 19.6. The minimum atomic E-state index is 0.709. The molecule has 0 aliphatic rings. The van der Waals surface area contributed by atoms with Gasteiger partial charge in [0.15, 0.2) is 0 Å². The number of hydrogen-bond donors (Lipinski definition) is 0. The highest BCUT2D eigenvalue weighted by atomic mass is 16.1. The van der Waals surface area contributed by atoms with Crippen LogP contribution in [0.3, 0.4) is 0 Å². The average Bonchev–Trinajstić information content (AvgIpc) is 2.68. The Morgan fingerprint density at radius 1 is 1.04 bits per heavy atom. The van der Waals surface area contributed by atoms with E-state index in [1.54, 1.807) is 0 Å². The largest absolute Gasteiger partial charge is 0.299 e. The lowest BCUT2D eigenvalue weighted by Crippen LogP contribution is -2.25. The molecule has 0 saturated carbocycles. The van der Waals surface area contributed by atoms with Crippen LogP contribution < -0.4 is 0 Å². The van der Waals surface area contributed by atoms with E-state index in [-0.39, 0.29) is 0 Å². The van der Waals surface area contributed by atoms with Crippen molar-refractivity contribution in [3.05, 3.63) is 70.3 Å². The molecule has 2 heteroatoms. The summed E-state index contributed by atoms with van der Waals surface area (Å²) >= 11 is 0. The third-order valence-corrected chi connectivity index (χ3v) is 5.66. The van der Waals surface area contributed by atoms with Gasteiger partial charge in [0, 0.05) is 12.1 Å². The molecule has 2 rings (SSSR count). The molecular weight excluding hydrogens is 330 g/mol. The summed E-state index contributed by atoms with van der Waals surface area (Å²) in [6.45, 7) is 12.1. The molecule has 2 nitrogen and oxygen atoms in total. The Morgan fingerprint density at radius 3 is 2.41 bits per heavy atom. The standard InChI is InChI=1S/C25H35NO/c1-5-26(18-23-11-7-6-8-12-23)15-14-20(2)10-9-13-24-16-21(3)22(4)17-25(24)19-27/h6-8,11-12,16-17,19-20H,5,9-10,13-15,18H2,1-4H3. The molecule has 1 unspecified atom stereocenters. The van der Waals surface area contributed by atoms with Crippen LogP contribution in [-0.2, 0) is 13.0 Å². The zero-order valence-corrected chi connectivity index (χ0v) is 17.5. The summed E-state index contributed by atoms with van der Waals surface area (Å²) in [6, 6.07) is 15.0. The summed E-state index contributed by atoms with van der Waals surface area (Å²) in [5.41, 5.74) is 5.95. The number of carbonyl (C=O) groups excluding carboxylic acids is 1. The molecule has 0 bridgehead atoms. The molecule has 0 aromatic heterocycles. The summed E-state index contributed by atoms with van der Waals surface area (Å²) in [6.07, 6.45) is 5.60. The van der Waals surface area contributed by atoms with Gasteiger partial charge in [-0.15, -0.1) is 0 Å². The van der Waals surface area contributed by atoms with Crippen molar-refractivity contribution in [1.29, 1.82) is 0 Å². The van der Waals surface area contributed by atoms with Crippen molar-refractivity contribution in [2.75, 3.05) is 13.1 Å². The highest BCUT2D eigenvalue weighted by molar-refractivity contribution is 5.78. The highest BCUT2D eigenvalue weighted by Gasteiger charge is 2.09. The fourth-order valence-corrected chi connectivity index (χ4v) is 3.60. The summed E-state index contributed by atoms with van der Waals surface area (Å²) < 4.78 is 0. The number of benzene rings is 2. The van der Waals surface area contributed by atoms with E-state index >= 15 is 0 Å². The van der Waals surface area contributed by atoms with Gasteiger partial charge >= 0.3 is 0 Å². The van der Waals surface area contributed by atoms with Crippen LogP contribution in [-0.4, -0.2) is 24.3 Å². The van der Waals surface area contributed by atoms with Gasteiger partial charge in [0.05, 0.1) is 0 Å². The molecule has 0 saturated heterocycles. The second kappa shape index (κ2) is 11.0. The second-order valence-corrected chi connectivity index (χ2v) is 7.89. The van der Waals surface area contributed by atoms with Gasteiger partial charge in [-0.05, 0) is 80.4 Å². The Bertz CT molecular complexity index is 708. The van der Waals surface area contributed by atoms with E-state index in [1.807, 2.05) is 6.07 Å². The van der Waals surface area contributed by atoms with Gasteiger partial charge in [-0.2, -0.15) is 0 Å². The van der Waals surface area contributed by atoms with Gasteiger partial charge in [0.2, 0.25) is 0 Å². The van der Waals surface area contributed by atoms with Gasteiger partial charge in [-0.25, -0.2) is 0 Å². The van der Waals surface area contributed by atoms with Crippen molar-refractivity contribution in [2.24, 2.45) is 5.92 Å². The lowest BCUT2D eigenvalue weighted by Gasteiger charge is -2.22. The molecule has 2 aromatic carbocycles. The summed E-state index contributed by atoms with van der Waals surface area (Å²) in [5.74, 6) is 0.709. The first kappa shape index (κ1) is 21.4. The summed E-state index contributed by atoms with van der Waals surface area (Å²) in [5, 5.41) is 0. The maximum Gasteiger partial charge on any atom is 0.150 e. The van der Waals surface area contributed by atoms with Gasteiger partial charge in [0.1, 0.15) is 6.29 Å². The van der Waals surface area contributed by atoms with Crippen LogP contribution >= 0.6 is 0 Å². The third-order valence-electron chi connectivity index (χ3n) is 5.66. The van der Waals surface area contributed by atoms with Crippen molar-refractivity contribution in [2.45, 2.75) is 59.9 Å². The van der Waals surface area contributed by atoms with E-state index in [9.17, 15) is 4.79 Å². The van der Waals surface area contributed by atoms with Gasteiger partial charge in [-0.1, -0.05) is 56.7 Å². The Morgan fingerprint density at radius 2 is 1.74 bits per heavy atom. The summed E-state index contributed by atoms with van der Waals surface area (Å²) in [7, 11) is 0. The van der Waals surface area contributed by atoms with Crippen molar-refractivity contribution < 1.29 is 4.79 Å². The van der Waals surface area contributed by atoms with Crippen LogP contribution in [0.15, 0.2) is 42.5 Å². The Balaban J connectivity index is 1.76. The van der Waals surface area contributed by atoms with Gasteiger partial charge in [-0.3, -0.25) is 9.69 Å². The molecule has 0 fully saturated rings. The third kappa shape index (κ3) is 6.95. The van der Waals surface area contributed by atoms with Crippen LogP contribution in [0.1, 0.15) is 65.7 Å². The molecule has 0 aliphatic heterocycles. The summed E-state index contributed by atoms with van der Waals surface area (Å²) in [4.78, 5) is 13.9. The van der Waals surface area contributed by atoms with E-state index in [0.29, 0.717) is 5.92 Å². The Hall–Kier alpha value is -1.93. The first-order valence-corrected chi connectivity index (χ1v) is 10.3. The predicted molar refractivity (Wildman–Crippen MR) is 115 cm³/mol. The van der Waals surface area contributed by atoms with E-state index in [0.717, 1.165) is 44.3 Å². The van der Waals surface area contributed by atoms with Crippen molar-refractivity contribution in [3.63, 3.8) is 0 Å². The van der Waals surface area contributed by atoms with E-state index in [1.165, 1.54) is 35.1 Å². The van der Waals surface area contributed by atoms with Crippen LogP contribution in [0.2, 0.25) is 0 Å². The number of carbonyl (C=O) groups is 1. The molecule has 0 spiro atoms.